The lowest BCUT2D eigenvalue weighted by Crippen LogP contribution is -2.60. The van der Waals surface area contributed by atoms with E-state index >= 15 is 0 Å². The largest absolute Gasteiger partial charge is 0.330 e. The van der Waals surface area contributed by atoms with Crippen LogP contribution in [0, 0.1) is 6.92 Å². The maximum absolute atomic E-state index is 5.97. The van der Waals surface area contributed by atoms with Gasteiger partial charge in [0.05, 0.1) is 0 Å². The Labute approximate surface area is 96.5 Å². The molecular weight excluding hydrogens is 186 g/mol. The fourth-order valence-corrected chi connectivity index (χ4v) is 0.576. The molecule has 0 aliphatic rings. The van der Waals surface area contributed by atoms with Crippen LogP contribution in [0.2, 0.25) is 0 Å². The Morgan fingerprint density at radius 1 is 1.07 bits per heavy atom. The fraction of sp³-hybridized carbons (Fsp3) is 0.750. The molecule has 93 valence electrons. The van der Waals surface area contributed by atoms with Crippen LogP contribution in [0.5, 0.6) is 0 Å². The molecule has 0 rings (SSSR count). The number of hydrogen-bond acceptors (Lipinski definition) is 3. The first-order valence-corrected chi connectivity index (χ1v) is 5.06. The molecule has 0 atom stereocenters. The van der Waals surface area contributed by atoms with Crippen molar-refractivity contribution in [3.05, 3.63) is 20.1 Å². The molecule has 0 unspecified atom stereocenters. The Morgan fingerprint density at radius 3 is 1.27 bits per heavy atom. The average Bonchev–Trinajstić information content (AvgIpc) is 2.07. The lowest BCUT2D eigenvalue weighted by Gasteiger charge is -2.43. The summed E-state index contributed by atoms with van der Waals surface area (Å²) in [6.45, 7) is 18.2. The summed E-state index contributed by atoms with van der Waals surface area (Å²) < 4.78 is 0. The summed E-state index contributed by atoms with van der Waals surface area (Å²) in [5, 5.41) is 0. The predicted molar refractivity (Wildman–Crippen MR) is 71.7 cm³/mol. The second kappa shape index (κ2) is 8.89. The highest BCUT2D eigenvalue weighted by atomic mass is 15.2. The lowest BCUT2D eigenvalue weighted by atomic mass is 9.82. The van der Waals surface area contributed by atoms with Crippen LogP contribution >= 0.6 is 0 Å². The van der Waals surface area contributed by atoms with Crippen LogP contribution in [0.25, 0.3) is 0 Å². The molecular formula is C12H30N3. The third kappa shape index (κ3) is 8.60. The zero-order valence-electron chi connectivity index (χ0n) is 11.4. The normalized spacial score (nSPS) is 11.1. The highest BCUT2D eigenvalue weighted by molar-refractivity contribution is 4.96. The summed E-state index contributed by atoms with van der Waals surface area (Å²) in [4.78, 5) is 2.15. The Kier molecular flexibility index (Phi) is 11.9. The number of nitrogens with two attached hydrogens (primary N) is 2. The monoisotopic (exact) mass is 216 g/mol. The Morgan fingerprint density at radius 2 is 1.27 bits per heavy atom. The van der Waals surface area contributed by atoms with Gasteiger partial charge in [-0.25, -0.2) is 0 Å². The SMILES string of the molecule is C=C.CN(C)C(C)(C)C(C)(C)N.[CH2]CN. The van der Waals surface area contributed by atoms with E-state index in [1.807, 2.05) is 13.8 Å². The number of rotatable bonds is 2. The molecule has 0 spiro atoms. The van der Waals surface area contributed by atoms with Crippen molar-refractivity contribution in [1.82, 2.24) is 4.90 Å². The average molecular weight is 216 g/mol. The molecule has 0 amide bonds. The third-order valence-corrected chi connectivity index (χ3v) is 2.69. The van der Waals surface area contributed by atoms with Gasteiger partial charge < -0.3 is 16.4 Å². The van der Waals surface area contributed by atoms with E-state index in [0.717, 1.165) is 0 Å². The molecule has 3 nitrogen and oxygen atoms in total. The summed E-state index contributed by atoms with van der Waals surface area (Å²) in [5.41, 5.74) is 10.6. The zero-order chi connectivity index (χ0) is 13.3. The van der Waals surface area contributed by atoms with Gasteiger partial charge in [0.15, 0.2) is 0 Å². The molecule has 3 heteroatoms. The van der Waals surface area contributed by atoms with E-state index in [9.17, 15) is 0 Å². The quantitative estimate of drug-likeness (QED) is 0.690. The first-order chi connectivity index (χ1) is 6.61. The summed E-state index contributed by atoms with van der Waals surface area (Å²) in [5.74, 6) is 0. The molecule has 0 aromatic carbocycles. The van der Waals surface area contributed by atoms with Crippen molar-refractivity contribution >= 4 is 0 Å². The molecule has 0 aromatic rings. The van der Waals surface area contributed by atoms with Crippen molar-refractivity contribution in [2.75, 3.05) is 20.6 Å². The van der Waals surface area contributed by atoms with Gasteiger partial charge in [0, 0.05) is 11.1 Å². The summed E-state index contributed by atoms with van der Waals surface area (Å²) in [7, 11) is 4.10. The minimum atomic E-state index is -0.156. The molecule has 0 aliphatic heterocycles. The highest BCUT2D eigenvalue weighted by Crippen LogP contribution is 2.22. The van der Waals surface area contributed by atoms with Gasteiger partial charge >= 0.3 is 0 Å². The van der Waals surface area contributed by atoms with Crippen molar-refractivity contribution < 1.29 is 0 Å². The van der Waals surface area contributed by atoms with Gasteiger partial charge in [0.1, 0.15) is 0 Å². The molecule has 0 bridgehead atoms. The smallest absolute Gasteiger partial charge is 0.0321 e. The van der Waals surface area contributed by atoms with Gasteiger partial charge in [-0.05, 0) is 55.3 Å². The van der Waals surface area contributed by atoms with Gasteiger partial charge in [0.25, 0.3) is 0 Å². The first kappa shape index (κ1) is 20.1. The summed E-state index contributed by atoms with van der Waals surface area (Å²) in [6.07, 6.45) is 0. The maximum atomic E-state index is 5.97. The van der Waals surface area contributed by atoms with Crippen LogP contribution in [0.4, 0.5) is 0 Å². The molecule has 0 fully saturated rings. The highest BCUT2D eigenvalue weighted by Gasteiger charge is 2.34. The van der Waals surface area contributed by atoms with E-state index in [-0.39, 0.29) is 11.1 Å². The lowest BCUT2D eigenvalue weighted by molar-refractivity contribution is 0.111. The van der Waals surface area contributed by atoms with Crippen molar-refractivity contribution in [2.24, 2.45) is 11.5 Å². The van der Waals surface area contributed by atoms with Crippen molar-refractivity contribution in [3.63, 3.8) is 0 Å². The van der Waals surface area contributed by atoms with Gasteiger partial charge in [-0.3, -0.25) is 0 Å². The van der Waals surface area contributed by atoms with Crippen LogP contribution in [0.1, 0.15) is 27.7 Å². The van der Waals surface area contributed by atoms with Crippen LogP contribution in [-0.2, 0) is 0 Å². The van der Waals surface area contributed by atoms with Crippen LogP contribution in [0.3, 0.4) is 0 Å². The van der Waals surface area contributed by atoms with E-state index in [0.29, 0.717) is 6.54 Å². The van der Waals surface area contributed by atoms with Crippen LogP contribution in [0.15, 0.2) is 13.2 Å². The van der Waals surface area contributed by atoms with Gasteiger partial charge in [-0.2, -0.15) is 0 Å². The second-order valence-corrected chi connectivity index (χ2v) is 4.46. The van der Waals surface area contributed by atoms with Gasteiger partial charge in [0.2, 0.25) is 0 Å². The fourth-order valence-electron chi connectivity index (χ4n) is 0.576. The van der Waals surface area contributed by atoms with Gasteiger partial charge in [-0.1, -0.05) is 0 Å². The van der Waals surface area contributed by atoms with E-state index in [1.165, 1.54) is 0 Å². The predicted octanol–water partition coefficient (Wildman–Crippen LogP) is 1.65. The van der Waals surface area contributed by atoms with Crippen LogP contribution < -0.4 is 11.5 Å². The minimum Gasteiger partial charge on any atom is -0.330 e. The second-order valence-electron chi connectivity index (χ2n) is 4.46. The molecule has 0 aromatic heterocycles. The molecule has 15 heavy (non-hydrogen) atoms. The molecule has 0 saturated heterocycles. The zero-order valence-corrected chi connectivity index (χ0v) is 11.4. The van der Waals surface area contributed by atoms with Crippen molar-refractivity contribution in [2.45, 2.75) is 38.8 Å². The van der Waals surface area contributed by atoms with Crippen molar-refractivity contribution in [3.8, 4) is 0 Å². The molecule has 0 heterocycles. The van der Waals surface area contributed by atoms with E-state index in [2.05, 4.69) is 52.9 Å². The summed E-state index contributed by atoms with van der Waals surface area (Å²) in [6, 6.07) is 0. The van der Waals surface area contributed by atoms with Gasteiger partial charge in [-0.15, -0.1) is 13.2 Å². The van der Waals surface area contributed by atoms with E-state index in [4.69, 9.17) is 11.5 Å². The number of likely N-dealkylation sites (N-methyl/N-ethyl adjacent to an activating group) is 1. The minimum absolute atomic E-state index is 0.0486. The molecule has 4 N–H and O–H groups in total. The Hall–Kier alpha value is -0.380. The van der Waals surface area contributed by atoms with Crippen molar-refractivity contribution in [1.29, 1.82) is 0 Å². The topological polar surface area (TPSA) is 55.3 Å². The molecule has 0 saturated carbocycles. The standard InChI is InChI=1S/C8H20N2.C2H6N.C2H4/c1-7(2,9)8(3,4)10(5)6;1-2-3;1-2/h9H2,1-6H3;1-3H2;1-2H2. The van der Waals surface area contributed by atoms with E-state index in [1.54, 1.807) is 0 Å². The number of nitrogens with zero attached hydrogens (tertiary/aromatic N) is 1. The first-order valence-electron chi connectivity index (χ1n) is 5.06. The Bertz CT molecular complexity index is 134. The summed E-state index contributed by atoms with van der Waals surface area (Å²) >= 11 is 0. The van der Waals surface area contributed by atoms with Crippen LogP contribution in [-0.4, -0.2) is 36.6 Å². The maximum Gasteiger partial charge on any atom is 0.0321 e. The molecule has 0 aliphatic carbocycles. The molecule has 1 radical (unpaired) electrons. The third-order valence-electron chi connectivity index (χ3n) is 2.69. The number of hydrogen-bond donors (Lipinski definition) is 2. The Balaban J connectivity index is -0.000000245. The van der Waals surface area contributed by atoms with E-state index < -0.39 is 0 Å².